The van der Waals surface area contributed by atoms with Gasteiger partial charge >= 0.3 is 11.9 Å². The Morgan fingerprint density at radius 1 is 0.710 bits per heavy atom. The van der Waals surface area contributed by atoms with Crippen LogP contribution in [-0.4, -0.2) is 36.4 Å². The standard InChI is InChI=1S/C25H24O6/c1-24-13-25(2,21(23(28)29)20(24)22(26)27)19(15-7-11-17(31-4)12-8-15)18(24)14-5-9-16(30-3)10-6-14/h5-12H,13H2,1-4H3,(H,26,27)(H,28,29). The Bertz CT molecular complexity index is 1050. The van der Waals surface area contributed by atoms with E-state index >= 15 is 0 Å². The number of ether oxygens (including phenoxy) is 2. The first-order chi connectivity index (χ1) is 14.7. The van der Waals surface area contributed by atoms with Crippen molar-refractivity contribution in [3.63, 3.8) is 0 Å². The first kappa shape index (κ1) is 20.7. The number of fused-ring (bicyclic) bond motifs is 2. The molecule has 0 spiro atoms. The molecule has 0 heterocycles. The second kappa shape index (κ2) is 7.01. The van der Waals surface area contributed by atoms with Crippen LogP contribution in [0.2, 0.25) is 0 Å². The summed E-state index contributed by atoms with van der Waals surface area (Å²) in [5.41, 5.74) is 1.41. The first-order valence-corrected chi connectivity index (χ1v) is 9.93. The van der Waals surface area contributed by atoms with Crippen molar-refractivity contribution in [2.75, 3.05) is 14.2 Å². The molecule has 31 heavy (non-hydrogen) atoms. The Morgan fingerprint density at radius 2 is 1.03 bits per heavy atom. The molecule has 2 atom stereocenters. The maximum absolute atomic E-state index is 12.3. The molecule has 0 amide bonds. The Balaban J connectivity index is 2.04. The summed E-state index contributed by atoms with van der Waals surface area (Å²) in [4.78, 5) is 24.6. The molecule has 2 aromatic rings. The number of carboxylic acid groups (broad SMARTS) is 2. The molecule has 2 aliphatic carbocycles. The zero-order valence-corrected chi connectivity index (χ0v) is 17.9. The van der Waals surface area contributed by atoms with Crippen LogP contribution in [0.25, 0.3) is 11.1 Å². The Hall–Kier alpha value is -3.54. The van der Waals surface area contributed by atoms with Crippen LogP contribution in [0.15, 0.2) is 59.7 Å². The van der Waals surface area contributed by atoms with Crippen molar-refractivity contribution in [3.05, 3.63) is 70.8 Å². The molecule has 0 radical (unpaired) electrons. The van der Waals surface area contributed by atoms with Crippen molar-refractivity contribution in [2.45, 2.75) is 20.3 Å². The summed E-state index contributed by atoms with van der Waals surface area (Å²) in [5, 5.41) is 20.1. The lowest BCUT2D eigenvalue weighted by Gasteiger charge is -2.32. The monoisotopic (exact) mass is 420 g/mol. The predicted octanol–water partition coefficient (Wildman–Crippen LogP) is 4.51. The van der Waals surface area contributed by atoms with Crippen LogP contribution in [0.5, 0.6) is 11.5 Å². The Kier molecular flexibility index (Phi) is 4.69. The number of rotatable bonds is 6. The van der Waals surface area contributed by atoms with Gasteiger partial charge in [0.25, 0.3) is 0 Å². The molecule has 2 aliphatic rings. The average molecular weight is 420 g/mol. The number of carbonyl (C=O) groups is 2. The molecule has 2 unspecified atom stereocenters. The highest BCUT2D eigenvalue weighted by Crippen LogP contribution is 2.71. The van der Waals surface area contributed by atoms with E-state index < -0.39 is 22.8 Å². The first-order valence-electron chi connectivity index (χ1n) is 9.93. The van der Waals surface area contributed by atoms with Gasteiger partial charge in [-0.1, -0.05) is 38.1 Å². The quantitative estimate of drug-likeness (QED) is 0.714. The molecule has 0 saturated carbocycles. The van der Waals surface area contributed by atoms with Crippen molar-refractivity contribution in [1.82, 2.24) is 0 Å². The smallest absolute Gasteiger partial charge is 0.333 e. The fraction of sp³-hybridized carbons (Fsp3) is 0.280. The summed E-state index contributed by atoms with van der Waals surface area (Å²) in [5.74, 6) is -1.00. The normalized spacial score (nSPS) is 24.5. The lowest BCUT2D eigenvalue weighted by atomic mass is 9.69. The number of allylic oxidation sites excluding steroid dienone is 2. The molecule has 0 saturated heterocycles. The van der Waals surface area contributed by atoms with Gasteiger partial charge in [0.05, 0.1) is 25.4 Å². The summed E-state index contributed by atoms with van der Waals surface area (Å²) in [6, 6.07) is 14.9. The highest BCUT2D eigenvalue weighted by Gasteiger charge is 2.63. The largest absolute Gasteiger partial charge is 0.497 e. The molecule has 0 aliphatic heterocycles. The zero-order chi connectivity index (χ0) is 22.6. The van der Waals surface area contributed by atoms with Crippen LogP contribution in [0, 0.1) is 10.8 Å². The van der Waals surface area contributed by atoms with Crippen molar-refractivity contribution < 1.29 is 29.3 Å². The second-order valence-corrected chi connectivity index (χ2v) is 8.41. The summed E-state index contributed by atoms with van der Waals surface area (Å²) in [7, 11) is 3.17. The van der Waals surface area contributed by atoms with Crippen LogP contribution in [0.4, 0.5) is 0 Å². The molecule has 6 nitrogen and oxygen atoms in total. The molecule has 4 rings (SSSR count). The molecule has 160 valence electrons. The van der Waals surface area contributed by atoms with Crippen LogP contribution < -0.4 is 9.47 Å². The van der Waals surface area contributed by atoms with Gasteiger partial charge in [-0.25, -0.2) is 9.59 Å². The third kappa shape index (κ3) is 2.86. The topological polar surface area (TPSA) is 93.1 Å². The number of carboxylic acids is 2. The average Bonchev–Trinajstić information content (AvgIpc) is 3.14. The summed E-state index contributed by atoms with van der Waals surface area (Å²) in [6.45, 7) is 3.67. The van der Waals surface area contributed by atoms with Gasteiger partial charge in [-0.05, 0) is 53.0 Å². The zero-order valence-electron chi connectivity index (χ0n) is 17.9. The summed E-state index contributed by atoms with van der Waals surface area (Å²) >= 11 is 0. The fourth-order valence-electron chi connectivity index (χ4n) is 5.54. The summed E-state index contributed by atoms with van der Waals surface area (Å²) < 4.78 is 10.5. The van der Waals surface area contributed by atoms with E-state index in [9.17, 15) is 19.8 Å². The van der Waals surface area contributed by atoms with Gasteiger partial charge in [-0.15, -0.1) is 0 Å². The van der Waals surface area contributed by atoms with Gasteiger partial charge in [0.2, 0.25) is 0 Å². The Labute approximate surface area is 180 Å². The molecular formula is C25H24O6. The third-order valence-corrected chi connectivity index (χ3v) is 6.60. The fourth-order valence-corrected chi connectivity index (χ4v) is 5.54. The van der Waals surface area contributed by atoms with E-state index in [0.717, 1.165) is 22.3 Å². The molecular weight excluding hydrogens is 396 g/mol. The number of aliphatic carboxylic acids is 2. The number of hydrogen-bond donors (Lipinski definition) is 2. The number of hydrogen-bond acceptors (Lipinski definition) is 4. The van der Waals surface area contributed by atoms with Gasteiger partial charge in [-0.3, -0.25) is 0 Å². The minimum absolute atomic E-state index is 0.0365. The molecule has 0 aromatic heterocycles. The second-order valence-electron chi connectivity index (χ2n) is 8.41. The molecule has 6 heteroatoms. The van der Waals surface area contributed by atoms with Gasteiger partial charge in [0.15, 0.2) is 0 Å². The van der Waals surface area contributed by atoms with E-state index in [1.807, 2.05) is 62.4 Å². The number of benzene rings is 2. The van der Waals surface area contributed by atoms with Crippen LogP contribution >= 0.6 is 0 Å². The van der Waals surface area contributed by atoms with Crippen molar-refractivity contribution in [3.8, 4) is 11.5 Å². The maximum atomic E-state index is 12.3. The van der Waals surface area contributed by atoms with Gasteiger partial charge < -0.3 is 19.7 Å². The lowest BCUT2D eigenvalue weighted by molar-refractivity contribution is -0.136. The SMILES string of the molecule is COc1ccc(C2=C(c3ccc(OC)cc3)C3(C)CC2(C)C(C(=O)O)=C3C(=O)O)cc1. The summed E-state index contributed by atoms with van der Waals surface area (Å²) in [6.07, 6.45) is 0.381. The van der Waals surface area contributed by atoms with Gasteiger partial charge in [0, 0.05) is 10.8 Å². The highest BCUT2D eigenvalue weighted by atomic mass is 16.5. The lowest BCUT2D eigenvalue weighted by Crippen LogP contribution is -2.28. The maximum Gasteiger partial charge on any atom is 0.333 e. The van der Waals surface area contributed by atoms with Gasteiger partial charge in [-0.2, -0.15) is 0 Å². The van der Waals surface area contributed by atoms with E-state index in [4.69, 9.17) is 9.47 Å². The van der Waals surface area contributed by atoms with E-state index in [1.165, 1.54) is 0 Å². The van der Waals surface area contributed by atoms with Crippen molar-refractivity contribution in [2.24, 2.45) is 10.8 Å². The minimum Gasteiger partial charge on any atom is -0.497 e. The molecule has 2 N–H and O–H groups in total. The molecule has 2 aromatic carbocycles. The third-order valence-electron chi connectivity index (χ3n) is 6.60. The van der Waals surface area contributed by atoms with E-state index in [1.54, 1.807) is 14.2 Å². The van der Waals surface area contributed by atoms with E-state index in [-0.39, 0.29) is 11.1 Å². The van der Waals surface area contributed by atoms with E-state index in [0.29, 0.717) is 17.9 Å². The molecule has 2 bridgehead atoms. The number of methoxy groups -OCH3 is 2. The highest BCUT2D eigenvalue weighted by molar-refractivity contribution is 6.15. The van der Waals surface area contributed by atoms with E-state index in [2.05, 4.69) is 0 Å². The van der Waals surface area contributed by atoms with Crippen molar-refractivity contribution >= 4 is 23.1 Å². The van der Waals surface area contributed by atoms with Gasteiger partial charge in [0.1, 0.15) is 11.5 Å². The van der Waals surface area contributed by atoms with Crippen LogP contribution in [0.3, 0.4) is 0 Å². The van der Waals surface area contributed by atoms with Crippen LogP contribution in [0.1, 0.15) is 31.4 Å². The predicted molar refractivity (Wildman–Crippen MR) is 116 cm³/mol. The van der Waals surface area contributed by atoms with Crippen molar-refractivity contribution in [1.29, 1.82) is 0 Å². The van der Waals surface area contributed by atoms with Crippen LogP contribution in [-0.2, 0) is 9.59 Å². The molecule has 0 fully saturated rings. The Morgan fingerprint density at radius 3 is 1.29 bits per heavy atom. The minimum atomic E-state index is -1.19.